The largest absolute Gasteiger partial charge is 0.389 e. The van der Waals surface area contributed by atoms with Crippen molar-refractivity contribution in [1.29, 1.82) is 0 Å². The molecule has 0 rings (SSSR count). The third-order valence-electron chi connectivity index (χ3n) is 2.19. The van der Waals surface area contributed by atoms with Crippen molar-refractivity contribution in [2.24, 2.45) is 11.7 Å². The Morgan fingerprint density at radius 2 is 1.94 bits per heavy atom. The van der Waals surface area contributed by atoms with Crippen molar-refractivity contribution in [3.63, 3.8) is 0 Å². The molecule has 0 radical (unpaired) electrons. The predicted molar refractivity (Wildman–Crippen MR) is 60.4 cm³/mol. The number of halogens is 3. The molecule has 0 saturated heterocycles. The van der Waals surface area contributed by atoms with Gasteiger partial charge in [-0.2, -0.15) is 13.2 Å². The zero-order chi connectivity index (χ0) is 13.5. The second-order valence-corrected chi connectivity index (χ2v) is 4.49. The van der Waals surface area contributed by atoms with E-state index in [0.717, 1.165) is 0 Å². The fourth-order valence-corrected chi connectivity index (χ4v) is 1.45. The Balaban J connectivity index is 4.21. The van der Waals surface area contributed by atoms with Crippen LogP contribution in [0.5, 0.6) is 0 Å². The molecule has 0 aliphatic rings. The summed E-state index contributed by atoms with van der Waals surface area (Å²) in [5, 5.41) is 0. The summed E-state index contributed by atoms with van der Waals surface area (Å²) < 4.78 is 36.0. The average Bonchev–Trinajstić information content (AvgIpc) is 2.19. The van der Waals surface area contributed by atoms with Crippen LogP contribution in [0.2, 0.25) is 0 Å². The lowest BCUT2D eigenvalue weighted by atomic mass is 10.1. The monoisotopic (exact) mass is 254 g/mol. The molecular formula is C11H21F3N2O. The van der Waals surface area contributed by atoms with E-state index in [1.165, 1.54) is 4.90 Å². The molecule has 3 nitrogen and oxygen atoms in total. The molecule has 0 bridgehead atoms. The van der Waals surface area contributed by atoms with Crippen LogP contribution in [0.15, 0.2) is 0 Å². The Labute approximate surface area is 100 Å². The zero-order valence-electron chi connectivity index (χ0n) is 10.4. The molecule has 0 fully saturated rings. The van der Waals surface area contributed by atoms with Crippen LogP contribution >= 0.6 is 0 Å². The molecule has 0 atom stereocenters. The van der Waals surface area contributed by atoms with Gasteiger partial charge in [0.25, 0.3) is 0 Å². The summed E-state index contributed by atoms with van der Waals surface area (Å²) in [4.78, 5) is 13.1. The number of rotatable bonds is 7. The van der Waals surface area contributed by atoms with Crippen LogP contribution in [0.3, 0.4) is 0 Å². The van der Waals surface area contributed by atoms with E-state index in [9.17, 15) is 18.0 Å². The van der Waals surface area contributed by atoms with E-state index >= 15 is 0 Å². The van der Waals surface area contributed by atoms with Gasteiger partial charge in [-0.15, -0.1) is 0 Å². The van der Waals surface area contributed by atoms with Gasteiger partial charge in [-0.1, -0.05) is 13.8 Å². The van der Waals surface area contributed by atoms with Crippen molar-refractivity contribution in [3.05, 3.63) is 0 Å². The molecule has 0 saturated carbocycles. The van der Waals surface area contributed by atoms with E-state index in [4.69, 9.17) is 5.73 Å². The van der Waals surface area contributed by atoms with Gasteiger partial charge in [0.05, 0.1) is 6.42 Å². The standard InChI is InChI=1S/C11H21F3N2O/c1-9(2)8-16(7-3-6-15)10(17)4-5-11(12,13)14/h9H,3-8,15H2,1-2H3. The van der Waals surface area contributed by atoms with Crippen LogP contribution in [0.4, 0.5) is 13.2 Å². The van der Waals surface area contributed by atoms with E-state index in [0.29, 0.717) is 26.1 Å². The lowest BCUT2D eigenvalue weighted by molar-refractivity contribution is -0.149. The molecule has 17 heavy (non-hydrogen) atoms. The zero-order valence-corrected chi connectivity index (χ0v) is 10.4. The van der Waals surface area contributed by atoms with Crippen molar-refractivity contribution in [1.82, 2.24) is 4.90 Å². The molecule has 6 heteroatoms. The highest BCUT2D eigenvalue weighted by Gasteiger charge is 2.29. The van der Waals surface area contributed by atoms with Gasteiger partial charge in [0.1, 0.15) is 0 Å². The minimum absolute atomic E-state index is 0.239. The van der Waals surface area contributed by atoms with E-state index < -0.39 is 24.9 Å². The first-order chi connectivity index (χ1) is 7.76. The fourth-order valence-electron chi connectivity index (χ4n) is 1.45. The van der Waals surface area contributed by atoms with Crippen LogP contribution < -0.4 is 5.73 Å². The smallest absolute Gasteiger partial charge is 0.342 e. The van der Waals surface area contributed by atoms with Gasteiger partial charge in [0.15, 0.2) is 0 Å². The van der Waals surface area contributed by atoms with Gasteiger partial charge >= 0.3 is 6.18 Å². The van der Waals surface area contributed by atoms with Crippen molar-refractivity contribution in [3.8, 4) is 0 Å². The molecule has 0 aromatic heterocycles. The molecular weight excluding hydrogens is 233 g/mol. The maximum absolute atomic E-state index is 12.0. The first-order valence-electron chi connectivity index (χ1n) is 5.81. The predicted octanol–water partition coefficient (Wildman–Crippen LogP) is 2.16. The van der Waals surface area contributed by atoms with Crippen molar-refractivity contribution in [2.45, 2.75) is 39.3 Å². The van der Waals surface area contributed by atoms with E-state index in [-0.39, 0.29) is 5.92 Å². The summed E-state index contributed by atoms with van der Waals surface area (Å²) in [5.41, 5.74) is 5.33. The molecule has 0 aromatic rings. The highest BCUT2D eigenvalue weighted by molar-refractivity contribution is 5.76. The Bertz CT molecular complexity index is 229. The number of hydrogen-bond acceptors (Lipinski definition) is 2. The topological polar surface area (TPSA) is 46.3 Å². The molecule has 0 aromatic carbocycles. The third kappa shape index (κ3) is 8.97. The Morgan fingerprint density at radius 3 is 2.35 bits per heavy atom. The van der Waals surface area contributed by atoms with Crippen LogP contribution in [0.1, 0.15) is 33.1 Å². The van der Waals surface area contributed by atoms with Crippen molar-refractivity contribution < 1.29 is 18.0 Å². The summed E-state index contributed by atoms with van der Waals surface area (Å²) in [5.74, 6) is -0.202. The van der Waals surface area contributed by atoms with E-state index in [1.54, 1.807) is 0 Å². The maximum atomic E-state index is 12.0. The molecule has 0 unspecified atom stereocenters. The number of carbonyl (C=O) groups is 1. The van der Waals surface area contributed by atoms with Crippen molar-refractivity contribution in [2.75, 3.05) is 19.6 Å². The number of hydrogen-bond donors (Lipinski definition) is 1. The molecule has 0 spiro atoms. The minimum Gasteiger partial charge on any atom is -0.342 e. The highest BCUT2D eigenvalue weighted by atomic mass is 19.4. The van der Waals surface area contributed by atoms with Gasteiger partial charge in [-0.25, -0.2) is 0 Å². The van der Waals surface area contributed by atoms with Crippen LogP contribution in [0, 0.1) is 5.92 Å². The first-order valence-corrected chi connectivity index (χ1v) is 5.81. The Morgan fingerprint density at radius 1 is 1.35 bits per heavy atom. The second kappa shape index (κ2) is 7.53. The summed E-state index contributed by atoms with van der Waals surface area (Å²) in [6.07, 6.45) is -5.18. The SMILES string of the molecule is CC(C)CN(CCCN)C(=O)CCC(F)(F)F. The van der Waals surface area contributed by atoms with Crippen molar-refractivity contribution >= 4 is 5.91 Å². The second-order valence-electron chi connectivity index (χ2n) is 4.49. The van der Waals surface area contributed by atoms with Gasteiger partial charge in [0.2, 0.25) is 5.91 Å². The Kier molecular flexibility index (Phi) is 7.18. The molecule has 0 heterocycles. The summed E-state index contributed by atoms with van der Waals surface area (Å²) >= 11 is 0. The fraction of sp³-hybridized carbons (Fsp3) is 0.909. The number of nitrogens with two attached hydrogens (primary N) is 1. The van der Waals surface area contributed by atoms with Crippen LogP contribution in [-0.4, -0.2) is 36.6 Å². The normalized spacial score (nSPS) is 11.9. The molecule has 0 aliphatic carbocycles. The maximum Gasteiger partial charge on any atom is 0.389 e. The number of alkyl halides is 3. The highest BCUT2D eigenvalue weighted by Crippen LogP contribution is 2.22. The van der Waals surface area contributed by atoms with Crippen LogP contribution in [0.25, 0.3) is 0 Å². The summed E-state index contributed by atoms with van der Waals surface area (Å²) in [7, 11) is 0. The number of amides is 1. The average molecular weight is 254 g/mol. The summed E-state index contributed by atoms with van der Waals surface area (Å²) in [6.45, 7) is 5.20. The van der Waals surface area contributed by atoms with Crippen LogP contribution in [-0.2, 0) is 4.79 Å². The molecule has 0 aliphatic heterocycles. The minimum atomic E-state index is -4.27. The number of nitrogens with zero attached hydrogens (tertiary/aromatic N) is 1. The lowest BCUT2D eigenvalue weighted by Crippen LogP contribution is -2.36. The Hall–Kier alpha value is -0.780. The van der Waals surface area contributed by atoms with Gasteiger partial charge < -0.3 is 10.6 Å². The van der Waals surface area contributed by atoms with Gasteiger partial charge in [0, 0.05) is 19.5 Å². The lowest BCUT2D eigenvalue weighted by Gasteiger charge is -2.24. The molecule has 2 N–H and O–H groups in total. The summed E-state index contributed by atoms with van der Waals surface area (Å²) in [6, 6.07) is 0. The number of carbonyl (C=O) groups excluding carboxylic acids is 1. The van der Waals surface area contributed by atoms with Gasteiger partial charge in [-0.05, 0) is 18.9 Å². The van der Waals surface area contributed by atoms with E-state index in [2.05, 4.69) is 0 Å². The van der Waals surface area contributed by atoms with E-state index in [1.807, 2.05) is 13.8 Å². The third-order valence-corrected chi connectivity index (χ3v) is 2.19. The molecule has 1 amide bonds. The quantitative estimate of drug-likeness (QED) is 0.756. The molecule has 102 valence electrons. The van der Waals surface area contributed by atoms with Gasteiger partial charge in [-0.3, -0.25) is 4.79 Å². The first kappa shape index (κ1) is 16.2.